The molecule has 0 saturated carbocycles. The van der Waals surface area contributed by atoms with Gasteiger partial charge in [-0.3, -0.25) is 0 Å². The van der Waals surface area contributed by atoms with Gasteiger partial charge < -0.3 is 4.74 Å². The summed E-state index contributed by atoms with van der Waals surface area (Å²) in [6.07, 6.45) is -1.06. The van der Waals surface area contributed by atoms with Crippen LogP contribution in [0.15, 0.2) is 18.2 Å². The molecule has 0 aromatic heterocycles. The van der Waals surface area contributed by atoms with Crippen LogP contribution in [-0.2, 0) is 0 Å². The molecule has 1 rings (SSSR count). The second-order valence-electron chi connectivity index (χ2n) is 2.69. The average Bonchev–Trinajstić information content (AvgIpc) is 2.16. The normalized spacial score (nSPS) is 11.8. The maximum atomic E-state index is 12.8. The molecule has 1 aromatic rings. The van der Waals surface area contributed by atoms with Gasteiger partial charge in [0.15, 0.2) is 0 Å². The number of hydrogen-bond donors (Lipinski definition) is 0. The number of halogens is 1. The minimum absolute atomic E-state index is 0.365. The van der Waals surface area contributed by atoms with Gasteiger partial charge in [0, 0.05) is 0 Å². The molecular weight excluding hydrogens is 169 g/mol. The van der Waals surface area contributed by atoms with E-state index in [1.54, 1.807) is 12.1 Å². The first-order valence-corrected chi connectivity index (χ1v) is 3.91. The van der Waals surface area contributed by atoms with Gasteiger partial charge in [-0.25, -0.2) is 4.39 Å². The molecule has 0 saturated heterocycles. The van der Waals surface area contributed by atoms with E-state index in [4.69, 9.17) is 10.00 Å². The number of ether oxygens (including phenoxy) is 1. The summed E-state index contributed by atoms with van der Waals surface area (Å²) in [5.41, 5.74) is 0.863. The van der Waals surface area contributed by atoms with Crippen LogP contribution >= 0.6 is 0 Å². The van der Waals surface area contributed by atoms with E-state index in [2.05, 4.69) is 0 Å². The topological polar surface area (TPSA) is 33.0 Å². The maximum Gasteiger partial charge on any atom is 0.136 e. The SMILES string of the molecule is COc1ccc(C(C)F)cc1C#N. The van der Waals surface area contributed by atoms with Crippen LogP contribution in [0, 0.1) is 11.3 Å². The quantitative estimate of drug-likeness (QED) is 0.699. The van der Waals surface area contributed by atoms with Crippen molar-refractivity contribution in [2.45, 2.75) is 13.1 Å². The van der Waals surface area contributed by atoms with Gasteiger partial charge in [-0.15, -0.1) is 0 Å². The van der Waals surface area contributed by atoms with Crippen molar-refractivity contribution in [1.82, 2.24) is 0 Å². The zero-order valence-corrected chi connectivity index (χ0v) is 7.54. The lowest BCUT2D eigenvalue weighted by molar-refractivity contribution is 0.372. The highest BCUT2D eigenvalue weighted by Gasteiger charge is 2.07. The lowest BCUT2D eigenvalue weighted by Crippen LogP contribution is -1.91. The Labute approximate surface area is 76.6 Å². The van der Waals surface area contributed by atoms with E-state index >= 15 is 0 Å². The van der Waals surface area contributed by atoms with E-state index in [0.717, 1.165) is 0 Å². The number of alkyl halides is 1. The Bertz CT molecular complexity index is 341. The molecule has 0 radical (unpaired) electrons. The van der Waals surface area contributed by atoms with E-state index in [1.807, 2.05) is 6.07 Å². The molecule has 1 unspecified atom stereocenters. The highest BCUT2D eigenvalue weighted by molar-refractivity contribution is 5.45. The average molecular weight is 179 g/mol. The summed E-state index contributed by atoms with van der Waals surface area (Å²) in [5.74, 6) is 0.479. The molecule has 0 amide bonds. The predicted molar refractivity (Wildman–Crippen MR) is 47.2 cm³/mol. The minimum Gasteiger partial charge on any atom is -0.495 e. The highest BCUT2D eigenvalue weighted by atomic mass is 19.1. The van der Waals surface area contributed by atoms with Crippen molar-refractivity contribution < 1.29 is 9.13 Å². The molecule has 0 N–H and O–H groups in total. The second kappa shape index (κ2) is 3.90. The van der Waals surface area contributed by atoms with Crippen LogP contribution in [0.1, 0.15) is 24.2 Å². The molecule has 0 fully saturated rings. The fourth-order valence-corrected chi connectivity index (χ4v) is 1.06. The Morgan fingerprint density at radius 2 is 2.23 bits per heavy atom. The van der Waals surface area contributed by atoms with Crippen molar-refractivity contribution in [2.24, 2.45) is 0 Å². The third-order valence-corrected chi connectivity index (χ3v) is 1.80. The van der Waals surface area contributed by atoms with Gasteiger partial charge in [0.05, 0.1) is 12.7 Å². The molecule has 13 heavy (non-hydrogen) atoms. The first kappa shape index (κ1) is 9.53. The van der Waals surface area contributed by atoms with E-state index in [0.29, 0.717) is 16.9 Å². The Morgan fingerprint density at radius 1 is 1.54 bits per heavy atom. The predicted octanol–water partition coefficient (Wildman–Crippen LogP) is 2.60. The van der Waals surface area contributed by atoms with Crippen molar-refractivity contribution in [3.05, 3.63) is 29.3 Å². The summed E-state index contributed by atoms with van der Waals surface area (Å²) in [6, 6.07) is 6.67. The Kier molecular flexibility index (Phi) is 2.86. The molecular formula is C10H10FNO. The highest BCUT2D eigenvalue weighted by Crippen LogP contribution is 2.23. The molecule has 3 heteroatoms. The van der Waals surface area contributed by atoms with Gasteiger partial charge in [0.1, 0.15) is 18.0 Å². The smallest absolute Gasteiger partial charge is 0.136 e. The Hall–Kier alpha value is -1.56. The summed E-state index contributed by atoms with van der Waals surface area (Å²) in [4.78, 5) is 0. The van der Waals surface area contributed by atoms with Crippen molar-refractivity contribution in [3.63, 3.8) is 0 Å². The third-order valence-electron chi connectivity index (χ3n) is 1.80. The largest absolute Gasteiger partial charge is 0.495 e. The van der Waals surface area contributed by atoms with E-state index in [9.17, 15) is 4.39 Å². The first-order chi connectivity index (χ1) is 6.19. The zero-order chi connectivity index (χ0) is 9.84. The molecule has 1 atom stereocenters. The van der Waals surface area contributed by atoms with E-state index < -0.39 is 6.17 Å². The summed E-state index contributed by atoms with van der Waals surface area (Å²) < 4.78 is 17.8. The van der Waals surface area contributed by atoms with Crippen LogP contribution in [0.4, 0.5) is 4.39 Å². The number of hydrogen-bond acceptors (Lipinski definition) is 2. The fourth-order valence-electron chi connectivity index (χ4n) is 1.06. The van der Waals surface area contributed by atoms with Crippen molar-refractivity contribution >= 4 is 0 Å². The van der Waals surface area contributed by atoms with Crippen LogP contribution < -0.4 is 4.74 Å². The van der Waals surface area contributed by atoms with Crippen LogP contribution in [0.5, 0.6) is 5.75 Å². The summed E-state index contributed by atoms with van der Waals surface area (Å²) in [5, 5.41) is 8.70. The van der Waals surface area contributed by atoms with Crippen molar-refractivity contribution in [2.75, 3.05) is 7.11 Å². The monoisotopic (exact) mass is 179 g/mol. The fraction of sp³-hybridized carbons (Fsp3) is 0.300. The number of rotatable bonds is 2. The number of nitriles is 1. The zero-order valence-electron chi connectivity index (χ0n) is 7.54. The molecule has 0 aliphatic rings. The van der Waals surface area contributed by atoms with E-state index in [1.165, 1.54) is 20.1 Å². The van der Waals surface area contributed by atoms with Gasteiger partial charge in [-0.05, 0) is 24.6 Å². The number of nitrogens with zero attached hydrogens (tertiary/aromatic N) is 1. The summed E-state index contributed by atoms with van der Waals surface area (Å²) >= 11 is 0. The lowest BCUT2D eigenvalue weighted by atomic mass is 10.1. The third kappa shape index (κ3) is 1.97. The molecule has 0 spiro atoms. The van der Waals surface area contributed by atoms with Crippen molar-refractivity contribution in [3.8, 4) is 11.8 Å². The van der Waals surface area contributed by atoms with Gasteiger partial charge in [-0.1, -0.05) is 6.07 Å². The first-order valence-electron chi connectivity index (χ1n) is 3.91. The maximum absolute atomic E-state index is 12.8. The van der Waals surface area contributed by atoms with Gasteiger partial charge in [-0.2, -0.15) is 5.26 Å². The molecule has 68 valence electrons. The molecule has 0 bridgehead atoms. The van der Waals surface area contributed by atoms with Gasteiger partial charge >= 0.3 is 0 Å². The molecule has 0 aliphatic heterocycles. The Morgan fingerprint density at radius 3 is 2.69 bits per heavy atom. The molecule has 0 aliphatic carbocycles. The second-order valence-corrected chi connectivity index (χ2v) is 2.69. The number of benzene rings is 1. The number of methoxy groups -OCH3 is 1. The van der Waals surface area contributed by atoms with Crippen LogP contribution in [0.2, 0.25) is 0 Å². The summed E-state index contributed by atoms with van der Waals surface area (Å²) in [7, 11) is 1.48. The van der Waals surface area contributed by atoms with Gasteiger partial charge in [0.2, 0.25) is 0 Å². The van der Waals surface area contributed by atoms with Crippen LogP contribution in [-0.4, -0.2) is 7.11 Å². The van der Waals surface area contributed by atoms with Crippen molar-refractivity contribution in [1.29, 1.82) is 5.26 Å². The molecule has 2 nitrogen and oxygen atoms in total. The minimum atomic E-state index is -1.06. The summed E-state index contributed by atoms with van der Waals surface area (Å²) in [6.45, 7) is 1.43. The molecule has 0 heterocycles. The van der Waals surface area contributed by atoms with Crippen LogP contribution in [0.25, 0.3) is 0 Å². The standard InChI is InChI=1S/C10H10FNO/c1-7(11)8-3-4-10(13-2)9(5-8)6-12/h3-5,7H,1-2H3. The van der Waals surface area contributed by atoms with Crippen LogP contribution in [0.3, 0.4) is 0 Å². The van der Waals surface area contributed by atoms with Gasteiger partial charge in [0.25, 0.3) is 0 Å². The Balaban J connectivity index is 3.15. The lowest BCUT2D eigenvalue weighted by Gasteiger charge is -2.05. The molecule has 1 aromatic carbocycles. The van der Waals surface area contributed by atoms with E-state index in [-0.39, 0.29) is 0 Å².